The van der Waals surface area contributed by atoms with Gasteiger partial charge in [0.2, 0.25) is 10.0 Å². The number of sulfonamides is 1. The molecule has 0 aliphatic heterocycles. The van der Waals surface area contributed by atoms with Crippen molar-refractivity contribution in [3.05, 3.63) is 18.0 Å². The maximum absolute atomic E-state index is 12.3. The molecule has 1 heterocycles. The van der Waals surface area contributed by atoms with E-state index in [-0.39, 0.29) is 0 Å². The average molecular weight is 319 g/mol. The Morgan fingerprint density at radius 2 is 2.20 bits per heavy atom. The number of aromatic nitrogens is 1. The molecule has 1 aromatic heterocycles. The minimum atomic E-state index is -3.44. The highest BCUT2D eigenvalue weighted by Crippen LogP contribution is 2.15. The van der Waals surface area contributed by atoms with E-state index in [1.54, 1.807) is 24.0 Å². The van der Waals surface area contributed by atoms with Gasteiger partial charge < -0.3 is 10.3 Å². The van der Waals surface area contributed by atoms with Crippen LogP contribution in [0.5, 0.6) is 0 Å². The summed E-state index contributed by atoms with van der Waals surface area (Å²) in [5.41, 5.74) is 6.51. The van der Waals surface area contributed by atoms with Crippen LogP contribution >= 0.6 is 11.8 Å². The fraction of sp³-hybridized carbons (Fsp3) is 0.692. The molecule has 0 spiro atoms. The molecule has 20 heavy (non-hydrogen) atoms. The molecule has 3 N–H and O–H groups in total. The first-order valence-corrected chi connectivity index (χ1v) is 9.70. The van der Waals surface area contributed by atoms with Crippen molar-refractivity contribution in [2.24, 2.45) is 11.7 Å². The number of nitrogens with zero attached hydrogens (tertiary/aromatic N) is 1. The summed E-state index contributed by atoms with van der Waals surface area (Å²) in [5, 5.41) is 0. The van der Waals surface area contributed by atoms with E-state index in [0.29, 0.717) is 23.9 Å². The summed E-state index contributed by atoms with van der Waals surface area (Å²) in [5.74, 6) is 1.25. The van der Waals surface area contributed by atoms with Gasteiger partial charge >= 0.3 is 0 Å². The summed E-state index contributed by atoms with van der Waals surface area (Å²) in [6, 6.07) is 1.66. The van der Waals surface area contributed by atoms with Crippen molar-refractivity contribution in [2.75, 3.05) is 18.6 Å². The number of hydrogen-bond donors (Lipinski definition) is 2. The van der Waals surface area contributed by atoms with Crippen molar-refractivity contribution in [2.45, 2.75) is 38.3 Å². The van der Waals surface area contributed by atoms with Gasteiger partial charge in [0.25, 0.3) is 0 Å². The summed E-state index contributed by atoms with van der Waals surface area (Å²) in [6.07, 6.45) is 4.63. The third kappa shape index (κ3) is 4.80. The van der Waals surface area contributed by atoms with Crippen molar-refractivity contribution in [1.29, 1.82) is 0 Å². The number of rotatable bonds is 9. The van der Waals surface area contributed by atoms with E-state index < -0.39 is 10.0 Å². The van der Waals surface area contributed by atoms with Gasteiger partial charge in [0, 0.05) is 31.5 Å². The van der Waals surface area contributed by atoms with E-state index in [9.17, 15) is 8.42 Å². The Labute approximate surface area is 126 Å². The number of hydrogen-bond acceptors (Lipinski definition) is 4. The highest BCUT2D eigenvalue weighted by Gasteiger charge is 2.18. The molecule has 1 rings (SSSR count). The second-order valence-electron chi connectivity index (χ2n) is 4.98. The van der Waals surface area contributed by atoms with Crippen molar-refractivity contribution >= 4 is 21.8 Å². The van der Waals surface area contributed by atoms with Crippen LogP contribution in [-0.2, 0) is 23.1 Å². The number of nitrogens with two attached hydrogens (primary N) is 1. The topological polar surface area (TPSA) is 77.1 Å². The zero-order valence-electron chi connectivity index (χ0n) is 12.4. The van der Waals surface area contributed by atoms with Crippen LogP contribution in [0.4, 0.5) is 0 Å². The van der Waals surface area contributed by atoms with Crippen LogP contribution in [-0.4, -0.2) is 31.5 Å². The van der Waals surface area contributed by atoms with Gasteiger partial charge in [0.15, 0.2) is 0 Å². The summed E-state index contributed by atoms with van der Waals surface area (Å²) in [4.78, 5) is 0.308. The van der Waals surface area contributed by atoms with Gasteiger partial charge in [0.05, 0.1) is 4.90 Å². The highest BCUT2D eigenvalue weighted by molar-refractivity contribution is 7.98. The van der Waals surface area contributed by atoms with Gasteiger partial charge in [-0.05, 0) is 30.4 Å². The Bertz CT molecular complexity index is 512. The second kappa shape index (κ2) is 8.07. The molecule has 0 radical (unpaired) electrons. The number of aryl methyl sites for hydroxylation is 1. The first-order valence-electron chi connectivity index (χ1n) is 6.82. The van der Waals surface area contributed by atoms with Gasteiger partial charge in [-0.15, -0.1) is 0 Å². The zero-order chi connectivity index (χ0) is 15.2. The minimum Gasteiger partial charge on any atom is -0.349 e. The molecular formula is C13H25N3O2S2. The first kappa shape index (κ1) is 17.6. The lowest BCUT2D eigenvalue weighted by atomic mass is 10.2. The van der Waals surface area contributed by atoms with Gasteiger partial charge in [-0.1, -0.05) is 13.8 Å². The smallest absolute Gasteiger partial charge is 0.242 e. The molecule has 116 valence electrons. The minimum absolute atomic E-state index is 0.308. The molecule has 0 saturated carbocycles. The summed E-state index contributed by atoms with van der Waals surface area (Å²) < 4.78 is 29.1. The van der Waals surface area contributed by atoms with Crippen LogP contribution in [0, 0.1) is 5.92 Å². The van der Waals surface area contributed by atoms with Gasteiger partial charge in [-0.3, -0.25) is 0 Å². The van der Waals surface area contributed by atoms with Crippen molar-refractivity contribution in [1.82, 2.24) is 9.29 Å². The van der Waals surface area contributed by atoms with E-state index >= 15 is 0 Å². The van der Waals surface area contributed by atoms with Crippen LogP contribution < -0.4 is 10.5 Å². The molecule has 1 atom stereocenters. The van der Waals surface area contributed by atoms with E-state index in [1.165, 1.54) is 0 Å². The second-order valence-corrected chi connectivity index (χ2v) is 7.65. The lowest BCUT2D eigenvalue weighted by Crippen LogP contribution is -2.29. The van der Waals surface area contributed by atoms with Crippen molar-refractivity contribution in [3.63, 3.8) is 0 Å². The van der Waals surface area contributed by atoms with Crippen LogP contribution in [0.15, 0.2) is 17.2 Å². The Morgan fingerprint density at radius 3 is 2.75 bits per heavy atom. The van der Waals surface area contributed by atoms with Gasteiger partial charge in [-0.25, -0.2) is 13.1 Å². The predicted molar refractivity (Wildman–Crippen MR) is 85.3 cm³/mol. The quantitative estimate of drug-likeness (QED) is 0.725. The Morgan fingerprint density at radius 1 is 1.50 bits per heavy atom. The van der Waals surface area contributed by atoms with Crippen LogP contribution in [0.2, 0.25) is 0 Å². The number of thioether (sulfide) groups is 1. The third-order valence-electron chi connectivity index (χ3n) is 3.02. The molecule has 0 aromatic carbocycles. The zero-order valence-corrected chi connectivity index (χ0v) is 14.1. The highest BCUT2D eigenvalue weighted by atomic mass is 32.2. The van der Waals surface area contributed by atoms with E-state index in [0.717, 1.165) is 24.4 Å². The fourth-order valence-corrected chi connectivity index (χ4v) is 3.89. The van der Waals surface area contributed by atoms with Crippen molar-refractivity contribution < 1.29 is 8.42 Å². The maximum atomic E-state index is 12.3. The van der Waals surface area contributed by atoms with Gasteiger partial charge in [0.1, 0.15) is 0 Å². The predicted octanol–water partition coefficient (Wildman–Crippen LogP) is 1.63. The SMILES string of the molecule is CCCn1cc(S(=O)(=O)NCC(C)CSC)cc1CN. The summed E-state index contributed by atoms with van der Waals surface area (Å²) in [6.45, 7) is 5.67. The molecule has 1 aromatic rings. The standard InChI is InChI=1S/C13H25N3O2S2/c1-4-5-16-9-13(6-12(16)7-14)20(17,18)15-8-11(2)10-19-3/h6,9,11,15H,4-5,7-8,10,14H2,1-3H3. The maximum Gasteiger partial charge on any atom is 0.242 e. The molecule has 0 bridgehead atoms. The summed E-state index contributed by atoms with van der Waals surface area (Å²) >= 11 is 1.72. The molecular weight excluding hydrogens is 294 g/mol. The van der Waals surface area contributed by atoms with Gasteiger partial charge in [-0.2, -0.15) is 11.8 Å². The summed E-state index contributed by atoms with van der Waals surface area (Å²) in [7, 11) is -3.44. The monoisotopic (exact) mass is 319 g/mol. The molecule has 5 nitrogen and oxygen atoms in total. The first-order chi connectivity index (χ1) is 9.44. The molecule has 7 heteroatoms. The Balaban J connectivity index is 2.81. The van der Waals surface area contributed by atoms with Crippen LogP contribution in [0.25, 0.3) is 0 Å². The Kier molecular flexibility index (Phi) is 7.08. The van der Waals surface area contributed by atoms with E-state index in [4.69, 9.17) is 5.73 Å². The molecule has 0 fully saturated rings. The largest absolute Gasteiger partial charge is 0.349 e. The number of nitrogens with one attached hydrogen (secondary N) is 1. The molecule has 0 amide bonds. The normalized spacial score (nSPS) is 13.6. The molecule has 0 aliphatic rings. The lowest BCUT2D eigenvalue weighted by molar-refractivity contribution is 0.562. The van der Waals surface area contributed by atoms with Crippen LogP contribution in [0.3, 0.4) is 0 Å². The van der Waals surface area contributed by atoms with E-state index in [2.05, 4.69) is 11.6 Å². The van der Waals surface area contributed by atoms with Crippen LogP contribution in [0.1, 0.15) is 26.0 Å². The average Bonchev–Trinajstić information content (AvgIpc) is 2.81. The van der Waals surface area contributed by atoms with E-state index in [1.807, 2.05) is 17.7 Å². The molecule has 0 saturated heterocycles. The third-order valence-corrected chi connectivity index (χ3v) is 5.31. The van der Waals surface area contributed by atoms with Crippen molar-refractivity contribution in [3.8, 4) is 0 Å². The molecule has 0 aliphatic carbocycles. The molecule has 1 unspecified atom stereocenters. The lowest BCUT2D eigenvalue weighted by Gasteiger charge is -2.10. The Hall–Kier alpha value is -0.500. The fourth-order valence-electron chi connectivity index (χ4n) is 1.97.